The molecular weight excluding hydrogens is 542 g/mol. The van der Waals surface area contributed by atoms with Gasteiger partial charge in [0.25, 0.3) is 0 Å². The van der Waals surface area contributed by atoms with Crippen molar-refractivity contribution in [1.82, 2.24) is 10.2 Å². The molecule has 1 aliphatic rings. The van der Waals surface area contributed by atoms with Gasteiger partial charge in [-0.15, -0.1) is 0 Å². The second-order valence-corrected chi connectivity index (χ2v) is 12.1. The maximum Gasteiger partial charge on any atom is 0.244 e. The van der Waals surface area contributed by atoms with E-state index < -0.39 is 28.5 Å². The fourth-order valence-electron chi connectivity index (χ4n) is 4.60. The maximum absolute atomic E-state index is 14.1. The molecule has 10 heteroatoms. The lowest BCUT2D eigenvalue weighted by Gasteiger charge is -2.33. The molecule has 1 heterocycles. The van der Waals surface area contributed by atoms with E-state index in [0.29, 0.717) is 18.0 Å². The summed E-state index contributed by atoms with van der Waals surface area (Å²) in [6.45, 7) is 4.18. The molecule has 218 valence electrons. The number of aryl methyl sites for hydroxylation is 1. The van der Waals surface area contributed by atoms with Crippen molar-refractivity contribution >= 4 is 27.5 Å². The Balaban J connectivity index is 1.70. The molecule has 9 nitrogen and oxygen atoms in total. The highest BCUT2D eigenvalue weighted by Gasteiger charge is 2.33. The quantitative estimate of drug-likeness (QED) is 0.307. The predicted octanol–water partition coefficient (Wildman–Crippen LogP) is 4.05. The number of sulfonamides is 1. The molecule has 0 aliphatic carbocycles. The third kappa shape index (κ3) is 8.00. The number of hydrogen-bond acceptors (Lipinski definition) is 6. The zero-order valence-corrected chi connectivity index (χ0v) is 24.5. The number of unbranched alkanes of at least 4 members (excludes halogenated alkanes) is 1. The Morgan fingerprint density at radius 2 is 1.66 bits per heavy atom. The van der Waals surface area contributed by atoms with Crippen molar-refractivity contribution in [2.24, 2.45) is 0 Å². The molecule has 0 saturated heterocycles. The largest absolute Gasteiger partial charge is 0.454 e. The van der Waals surface area contributed by atoms with Crippen molar-refractivity contribution in [2.75, 3.05) is 30.4 Å². The number of amides is 2. The van der Waals surface area contributed by atoms with Crippen LogP contribution in [0.4, 0.5) is 5.69 Å². The number of rotatable bonds is 13. The number of anilines is 1. The number of carbonyl (C=O) groups excluding carboxylic acids is 2. The van der Waals surface area contributed by atoms with Crippen LogP contribution in [0.3, 0.4) is 0 Å². The highest BCUT2D eigenvalue weighted by molar-refractivity contribution is 7.92. The Morgan fingerprint density at radius 3 is 2.34 bits per heavy atom. The number of hydrogen-bond donors (Lipinski definition) is 1. The van der Waals surface area contributed by atoms with Gasteiger partial charge in [0, 0.05) is 25.6 Å². The number of benzene rings is 3. The molecule has 1 aliphatic heterocycles. The van der Waals surface area contributed by atoms with Gasteiger partial charge >= 0.3 is 0 Å². The summed E-state index contributed by atoms with van der Waals surface area (Å²) < 4.78 is 37.7. The molecule has 3 aromatic rings. The van der Waals surface area contributed by atoms with Crippen molar-refractivity contribution in [3.05, 3.63) is 89.5 Å². The van der Waals surface area contributed by atoms with Gasteiger partial charge in [0.05, 0.1) is 11.9 Å². The molecule has 0 fully saturated rings. The molecule has 1 N–H and O–H groups in total. The molecule has 0 spiro atoms. The van der Waals surface area contributed by atoms with Crippen LogP contribution in [0.1, 0.15) is 36.5 Å². The smallest absolute Gasteiger partial charge is 0.244 e. The molecule has 0 saturated carbocycles. The Labute approximate surface area is 242 Å². The van der Waals surface area contributed by atoms with Crippen LogP contribution in [-0.2, 0) is 32.6 Å². The molecule has 4 rings (SSSR count). The molecule has 2 amide bonds. The maximum atomic E-state index is 14.1. The Morgan fingerprint density at radius 1 is 0.951 bits per heavy atom. The van der Waals surface area contributed by atoms with E-state index in [9.17, 15) is 18.0 Å². The number of fused-ring (bicyclic) bond motifs is 1. The van der Waals surface area contributed by atoms with Gasteiger partial charge in [0.1, 0.15) is 12.6 Å². The second-order valence-electron chi connectivity index (χ2n) is 10.2. The Kier molecular flexibility index (Phi) is 9.88. The summed E-state index contributed by atoms with van der Waals surface area (Å²) in [5.41, 5.74) is 3.06. The highest BCUT2D eigenvalue weighted by atomic mass is 32.2. The third-order valence-corrected chi connectivity index (χ3v) is 8.04. The minimum Gasteiger partial charge on any atom is -0.454 e. The van der Waals surface area contributed by atoms with Crippen LogP contribution in [0.2, 0.25) is 0 Å². The van der Waals surface area contributed by atoms with E-state index in [4.69, 9.17) is 9.47 Å². The summed E-state index contributed by atoms with van der Waals surface area (Å²) in [4.78, 5) is 29.2. The first-order chi connectivity index (χ1) is 19.7. The summed E-state index contributed by atoms with van der Waals surface area (Å²) in [7, 11) is -3.88. The van der Waals surface area contributed by atoms with E-state index in [1.54, 1.807) is 18.2 Å². The summed E-state index contributed by atoms with van der Waals surface area (Å²) in [5.74, 6) is 0.121. The van der Waals surface area contributed by atoms with Crippen LogP contribution < -0.4 is 19.1 Å². The average molecular weight is 580 g/mol. The molecule has 0 aromatic heterocycles. The SMILES string of the molecule is CCCCNC(=O)C(Cc1ccccc1)N(Cc1ccc(C)cc1)C(=O)CN(c1ccc2c(c1)OCO2)S(C)(=O)=O. The van der Waals surface area contributed by atoms with Crippen molar-refractivity contribution in [3.8, 4) is 11.5 Å². The van der Waals surface area contributed by atoms with E-state index in [0.717, 1.165) is 40.1 Å². The lowest BCUT2D eigenvalue weighted by Crippen LogP contribution is -2.53. The van der Waals surface area contributed by atoms with Crippen LogP contribution in [0.25, 0.3) is 0 Å². The predicted molar refractivity (Wildman–Crippen MR) is 158 cm³/mol. The number of ether oxygens (including phenoxy) is 2. The minimum absolute atomic E-state index is 0.0369. The van der Waals surface area contributed by atoms with E-state index in [1.807, 2.05) is 68.4 Å². The fraction of sp³-hybridized carbons (Fsp3) is 0.355. The monoisotopic (exact) mass is 579 g/mol. The first kappa shape index (κ1) is 29.9. The van der Waals surface area contributed by atoms with Gasteiger partial charge in [-0.3, -0.25) is 13.9 Å². The summed E-state index contributed by atoms with van der Waals surface area (Å²) in [5, 5.41) is 2.98. The van der Waals surface area contributed by atoms with E-state index in [1.165, 1.54) is 4.90 Å². The van der Waals surface area contributed by atoms with Crippen LogP contribution in [-0.4, -0.2) is 57.3 Å². The second kappa shape index (κ2) is 13.5. The minimum atomic E-state index is -3.88. The Hall–Kier alpha value is -4.05. The van der Waals surface area contributed by atoms with Crippen LogP contribution >= 0.6 is 0 Å². The van der Waals surface area contributed by atoms with E-state index >= 15 is 0 Å². The molecule has 1 unspecified atom stereocenters. The molecule has 0 bridgehead atoms. The normalized spacial score (nSPS) is 13.0. The van der Waals surface area contributed by atoms with Gasteiger partial charge in [-0.2, -0.15) is 0 Å². The summed E-state index contributed by atoms with van der Waals surface area (Å²) >= 11 is 0. The van der Waals surface area contributed by atoms with Gasteiger partial charge in [0.2, 0.25) is 28.6 Å². The first-order valence-electron chi connectivity index (χ1n) is 13.7. The van der Waals surface area contributed by atoms with Crippen molar-refractivity contribution in [2.45, 2.75) is 45.7 Å². The molecule has 41 heavy (non-hydrogen) atoms. The lowest BCUT2D eigenvalue weighted by molar-refractivity contribution is -0.140. The number of nitrogens with zero attached hydrogens (tertiary/aromatic N) is 2. The third-order valence-electron chi connectivity index (χ3n) is 6.90. The topological polar surface area (TPSA) is 105 Å². The standard InChI is InChI=1S/C31H37N3O6S/c1-4-5-17-32-31(36)27(18-24-9-7-6-8-10-24)33(20-25-13-11-23(2)12-14-25)30(35)21-34(41(3,37)38)26-15-16-28-29(19-26)40-22-39-28/h6-16,19,27H,4-5,17-18,20-22H2,1-3H3,(H,32,36). The van der Waals surface area contributed by atoms with Crippen LogP contribution in [0.5, 0.6) is 11.5 Å². The Bertz CT molecular complexity index is 1440. The van der Waals surface area contributed by atoms with Gasteiger partial charge in [-0.25, -0.2) is 8.42 Å². The first-order valence-corrected chi connectivity index (χ1v) is 15.5. The summed E-state index contributed by atoms with van der Waals surface area (Å²) in [6, 6.07) is 21.1. The zero-order valence-electron chi connectivity index (χ0n) is 23.7. The molecular formula is C31H37N3O6S. The summed E-state index contributed by atoms with van der Waals surface area (Å²) in [6.07, 6.45) is 3.05. The van der Waals surface area contributed by atoms with Gasteiger partial charge in [-0.05, 0) is 36.6 Å². The lowest BCUT2D eigenvalue weighted by atomic mass is 10.0. The van der Waals surface area contributed by atoms with Crippen molar-refractivity contribution in [3.63, 3.8) is 0 Å². The van der Waals surface area contributed by atoms with Crippen molar-refractivity contribution < 1.29 is 27.5 Å². The van der Waals surface area contributed by atoms with Crippen LogP contribution in [0, 0.1) is 6.92 Å². The van der Waals surface area contributed by atoms with Gasteiger partial charge in [-0.1, -0.05) is 73.5 Å². The molecule has 0 radical (unpaired) electrons. The van der Waals surface area contributed by atoms with Gasteiger partial charge in [0.15, 0.2) is 11.5 Å². The van der Waals surface area contributed by atoms with Crippen molar-refractivity contribution in [1.29, 1.82) is 0 Å². The average Bonchev–Trinajstić information content (AvgIpc) is 3.42. The van der Waals surface area contributed by atoms with E-state index in [2.05, 4.69) is 5.32 Å². The number of nitrogens with one attached hydrogen (secondary N) is 1. The molecule has 3 aromatic carbocycles. The van der Waals surface area contributed by atoms with E-state index in [-0.39, 0.29) is 31.4 Å². The van der Waals surface area contributed by atoms with Gasteiger partial charge < -0.3 is 19.7 Å². The molecule has 1 atom stereocenters. The highest BCUT2D eigenvalue weighted by Crippen LogP contribution is 2.36. The van der Waals surface area contributed by atoms with Crippen LogP contribution in [0.15, 0.2) is 72.8 Å². The fourth-order valence-corrected chi connectivity index (χ4v) is 5.45. The zero-order chi connectivity index (χ0) is 29.4. The number of carbonyl (C=O) groups is 2.